The average Bonchev–Trinajstić information content (AvgIpc) is 2.39. The number of hydrogen-bond acceptors (Lipinski definition) is 3. The highest BCUT2D eigenvalue weighted by Crippen LogP contribution is 2.34. The molecule has 0 atom stereocenters. The lowest BCUT2D eigenvalue weighted by molar-refractivity contribution is -0.148. The van der Waals surface area contributed by atoms with E-state index < -0.39 is 5.41 Å². The molecular formula is C13H17ClFNO2. The van der Waals surface area contributed by atoms with Gasteiger partial charge in [0.25, 0.3) is 0 Å². The number of carbonyl (C=O) groups is 1. The third-order valence-electron chi connectivity index (χ3n) is 3.43. The van der Waals surface area contributed by atoms with E-state index in [0.29, 0.717) is 12.8 Å². The first-order chi connectivity index (χ1) is 8.19. The van der Waals surface area contributed by atoms with E-state index in [9.17, 15) is 9.18 Å². The van der Waals surface area contributed by atoms with Crippen molar-refractivity contribution in [3.63, 3.8) is 0 Å². The van der Waals surface area contributed by atoms with Crippen LogP contribution >= 0.6 is 12.4 Å². The zero-order chi connectivity index (χ0) is 12.3. The smallest absolute Gasteiger partial charge is 0.316 e. The van der Waals surface area contributed by atoms with Crippen LogP contribution in [-0.4, -0.2) is 26.2 Å². The number of methoxy groups -OCH3 is 1. The van der Waals surface area contributed by atoms with E-state index >= 15 is 0 Å². The zero-order valence-electron chi connectivity index (χ0n) is 10.2. The standard InChI is InChI=1S/C13H16FNO2.ClH/c1-17-12(16)13(6-8-15-9-7-13)10-2-4-11(14)5-3-10;/h2-5,15H,6-9H2,1H3;1H. The number of nitrogens with one attached hydrogen (secondary N) is 1. The summed E-state index contributed by atoms with van der Waals surface area (Å²) in [5, 5.41) is 3.22. The number of esters is 1. The molecular weight excluding hydrogens is 257 g/mol. The van der Waals surface area contributed by atoms with Crippen LogP contribution in [0.25, 0.3) is 0 Å². The third-order valence-corrected chi connectivity index (χ3v) is 3.43. The SMILES string of the molecule is COC(=O)C1(c2ccc(F)cc2)CCNCC1.Cl. The molecule has 1 N–H and O–H groups in total. The summed E-state index contributed by atoms with van der Waals surface area (Å²) in [4.78, 5) is 12.0. The topological polar surface area (TPSA) is 38.3 Å². The molecule has 1 fully saturated rings. The Hall–Kier alpha value is -1.13. The van der Waals surface area contributed by atoms with Crippen LogP contribution in [0.2, 0.25) is 0 Å². The molecule has 1 heterocycles. The van der Waals surface area contributed by atoms with Crippen LogP contribution < -0.4 is 5.32 Å². The summed E-state index contributed by atoms with van der Waals surface area (Å²) in [6.07, 6.45) is 1.37. The molecule has 2 rings (SSSR count). The normalized spacial score (nSPS) is 17.7. The minimum absolute atomic E-state index is 0. The van der Waals surface area contributed by atoms with Crippen LogP contribution in [0.3, 0.4) is 0 Å². The molecule has 18 heavy (non-hydrogen) atoms. The van der Waals surface area contributed by atoms with Crippen molar-refractivity contribution in [3.8, 4) is 0 Å². The molecule has 1 aliphatic rings. The lowest BCUT2D eigenvalue weighted by Crippen LogP contribution is -2.46. The molecule has 0 aromatic heterocycles. The van der Waals surface area contributed by atoms with E-state index in [1.165, 1.54) is 19.2 Å². The number of halogens is 2. The van der Waals surface area contributed by atoms with E-state index in [0.717, 1.165) is 18.7 Å². The van der Waals surface area contributed by atoms with Gasteiger partial charge in [0.15, 0.2) is 0 Å². The van der Waals surface area contributed by atoms with Crippen molar-refractivity contribution in [3.05, 3.63) is 35.6 Å². The Kier molecular flexibility index (Phi) is 5.11. The van der Waals surface area contributed by atoms with E-state index in [4.69, 9.17) is 4.74 Å². The molecule has 0 spiro atoms. The first-order valence-electron chi connectivity index (χ1n) is 5.74. The second kappa shape index (κ2) is 6.16. The summed E-state index contributed by atoms with van der Waals surface area (Å²) < 4.78 is 17.9. The Labute approximate surface area is 112 Å². The van der Waals surface area contributed by atoms with E-state index in [2.05, 4.69) is 5.32 Å². The van der Waals surface area contributed by atoms with Crippen molar-refractivity contribution in [2.45, 2.75) is 18.3 Å². The second-order valence-corrected chi connectivity index (χ2v) is 4.33. The van der Waals surface area contributed by atoms with Gasteiger partial charge in [-0.1, -0.05) is 12.1 Å². The van der Waals surface area contributed by atoms with Gasteiger partial charge < -0.3 is 10.1 Å². The maximum Gasteiger partial charge on any atom is 0.316 e. The Morgan fingerprint density at radius 3 is 2.33 bits per heavy atom. The average molecular weight is 274 g/mol. The van der Waals surface area contributed by atoms with Gasteiger partial charge in [-0.05, 0) is 43.6 Å². The molecule has 0 unspecified atom stereocenters. The number of benzene rings is 1. The van der Waals surface area contributed by atoms with E-state index in [1.807, 2.05) is 0 Å². The molecule has 5 heteroatoms. The monoisotopic (exact) mass is 273 g/mol. The van der Waals surface area contributed by atoms with Crippen LogP contribution in [0.15, 0.2) is 24.3 Å². The van der Waals surface area contributed by atoms with Crippen LogP contribution in [0, 0.1) is 5.82 Å². The Bertz CT molecular complexity index is 402. The molecule has 0 saturated carbocycles. The van der Waals surface area contributed by atoms with Crippen molar-refractivity contribution in [2.75, 3.05) is 20.2 Å². The van der Waals surface area contributed by atoms with Crippen molar-refractivity contribution < 1.29 is 13.9 Å². The van der Waals surface area contributed by atoms with Gasteiger partial charge in [-0.15, -0.1) is 12.4 Å². The highest BCUT2D eigenvalue weighted by molar-refractivity contribution is 5.85. The maximum atomic E-state index is 12.9. The minimum Gasteiger partial charge on any atom is -0.468 e. The van der Waals surface area contributed by atoms with Gasteiger partial charge in [0.05, 0.1) is 12.5 Å². The van der Waals surface area contributed by atoms with Crippen molar-refractivity contribution in [2.24, 2.45) is 0 Å². The first-order valence-corrected chi connectivity index (χ1v) is 5.74. The summed E-state index contributed by atoms with van der Waals surface area (Å²) >= 11 is 0. The fourth-order valence-corrected chi connectivity index (χ4v) is 2.43. The maximum absolute atomic E-state index is 12.9. The lowest BCUT2D eigenvalue weighted by Gasteiger charge is -2.35. The number of ether oxygens (including phenoxy) is 1. The van der Waals surface area contributed by atoms with Gasteiger partial charge in [-0.3, -0.25) is 4.79 Å². The Morgan fingerprint density at radius 2 is 1.83 bits per heavy atom. The molecule has 0 radical (unpaired) electrons. The van der Waals surface area contributed by atoms with Gasteiger partial charge in [0.1, 0.15) is 5.82 Å². The number of hydrogen-bond donors (Lipinski definition) is 1. The van der Waals surface area contributed by atoms with Crippen molar-refractivity contribution in [1.29, 1.82) is 0 Å². The van der Waals surface area contributed by atoms with Gasteiger partial charge in [0.2, 0.25) is 0 Å². The Balaban J connectivity index is 0.00000162. The summed E-state index contributed by atoms with van der Waals surface area (Å²) in [6, 6.07) is 6.14. The van der Waals surface area contributed by atoms with Crippen LogP contribution in [0.5, 0.6) is 0 Å². The molecule has 0 aliphatic carbocycles. The molecule has 0 bridgehead atoms. The summed E-state index contributed by atoms with van der Waals surface area (Å²) in [6.45, 7) is 1.54. The molecule has 3 nitrogen and oxygen atoms in total. The predicted octanol–water partition coefficient (Wildman–Crippen LogP) is 2.04. The summed E-state index contributed by atoms with van der Waals surface area (Å²) in [7, 11) is 1.40. The lowest BCUT2D eigenvalue weighted by atomic mass is 9.73. The summed E-state index contributed by atoms with van der Waals surface area (Å²) in [5.74, 6) is -0.520. The highest BCUT2D eigenvalue weighted by Gasteiger charge is 2.42. The number of piperidine rings is 1. The molecule has 1 aliphatic heterocycles. The van der Waals surface area contributed by atoms with Gasteiger partial charge in [-0.25, -0.2) is 4.39 Å². The molecule has 100 valence electrons. The molecule has 1 aromatic carbocycles. The molecule has 1 aromatic rings. The second-order valence-electron chi connectivity index (χ2n) is 4.33. The van der Waals surface area contributed by atoms with Crippen LogP contribution in [0.4, 0.5) is 4.39 Å². The van der Waals surface area contributed by atoms with Gasteiger partial charge >= 0.3 is 5.97 Å². The zero-order valence-corrected chi connectivity index (χ0v) is 11.1. The molecule has 1 saturated heterocycles. The van der Waals surface area contributed by atoms with Crippen LogP contribution in [0.1, 0.15) is 18.4 Å². The summed E-state index contributed by atoms with van der Waals surface area (Å²) in [5.41, 5.74) is 0.223. The highest BCUT2D eigenvalue weighted by atomic mass is 35.5. The predicted molar refractivity (Wildman–Crippen MR) is 69.4 cm³/mol. The Morgan fingerprint density at radius 1 is 1.28 bits per heavy atom. The largest absolute Gasteiger partial charge is 0.468 e. The van der Waals surface area contributed by atoms with E-state index in [1.54, 1.807) is 12.1 Å². The fourth-order valence-electron chi connectivity index (χ4n) is 2.43. The van der Waals surface area contributed by atoms with Crippen molar-refractivity contribution in [1.82, 2.24) is 5.32 Å². The minimum atomic E-state index is -0.617. The molecule has 0 amide bonds. The third kappa shape index (κ3) is 2.65. The number of carbonyl (C=O) groups excluding carboxylic acids is 1. The van der Waals surface area contributed by atoms with Gasteiger partial charge in [-0.2, -0.15) is 0 Å². The quantitative estimate of drug-likeness (QED) is 0.838. The van der Waals surface area contributed by atoms with Gasteiger partial charge in [0, 0.05) is 0 Å². The fraction of sp³-hybridized carbons (Fsp3) is 0.462. The van der Waals surface area contributed by atoms with Crippen molar-refractivity contribution >= 4 is 18.4 Å². The number of rotatable bonds is 2. The van der Waals surface area contributed by atoms with E-state index in [-0.39, 0.29) is 24.2 Å². The van der Waals surface area contributed by atoms with Crippen LogP contribution in [-0.2, 0) is 14.9 Å². The first kappa shape index (κ1) is 14.9.